The number of hydrogen-bond acceptors (Lipinski definition) is 5. The van der Waals surface area contributed by atoms with E-state index in [0.717, 1.165) is 0 Å². The van der Waals surface area contributed by atoms with Crippen LogP contribution in [0, 0.1) is 10.1 Å². The lowest BCUT2D eigenvalue weighted by Crippen LogP contribution is -2.43. The highest BCUT2D eigenvalue weighted by molar-refractivity contribution is 5.96. The van der Waals surface area contributed by atoms with E-state index in [9.17, 15) is 19.7 Å². The Morgan fingerprint density at radius 2 is 1.77 bits per heavy atom. The Hall–Kier alpha value is -2.64. The second-order valence-corrected chi connectivity index (χ2v) is 5.66. The van der Waals surface area contributed by atoms with Crippen molar-refractivity contribution in [1.29, 1.82) is 0 Å². The summed E-state index contributed by atoms with van der Waals surface area (Å²) >= 11 is 0. The van der Waals surface area contributed by atoms with Crippen molar-refractivity contribution in [3.63, 3.8) is 0 Å². The Morgan fingerprint density at radius 3 is 2.23 bits per heavy atom. The van der Waals surface area contributed by atoms with Gasteiger partial charge in [-0.25, -0.2) is 4.79 Å². The molecule has 22 heavy (non-hydrogen) atoms. The Kier molecular flexibility index (Phi) is 5.44. The zero-order valence-electron chi connectivity index (χ0n) is 12.9. The zero-order chi connectivity index (χ0) is 16.9. The van der Waals surface area contributed by atoms with Crippen molar-refractivity contribution in [3.05, 3.63) is 34.4 Å². The van der Waals surface area contributed by atoms with Gasteiger partial charge in [-0.2, -0.15) is 0 Å². The maximum atomic E-state index is 11.9. The largest absolute Gasteiger partial charge is 0.444 e. The first kappa shape index (κ1) is 17.4. The molecule has 120 valence electrons. The monoisotopic (exact) mass is 309 g/mol. The van der Waals surface area contributed by atoms with Crippen LogP contribution in [-0.2, 0) is 9.53 Å². The number of nitrogens with zero attached hydrogens (tertiary/aromatic N) is 1. The van der Waals surface area contributed by atoms with E-state index in [2.05, 4.69) is 10.6 Å². The van der Waals surface area contributed by atoms with Crippen LogP contribution in [0.4, 0.5) is 16.2 Å². The number of carbonyl (C=O) groups is 2. The molecule has 0 aliphatic heterocycles. The van der Waals surface area contributed by atoms with Crippen molar-refractivity contribution in [2.24, 2.45) is 0 Å². The van der Waals surface area contributed by atoms with Gasteiger partial charge < -0.3 is 15.4 Å². The lowest BCUT2D eigenvalue weighted by molar-refractivity contribution is -0.384. The highest BCUT2D eigenvalue weighted by Crippen LogP contribution is 2.15. The summed E-state index contributed by atoms with van der Waals surface area (Å²) in [5.74, 6) is -0.459. The van der Waals surface area contributed by atoms with Gasteiger partial charge in [0.25, 0.3) is 5.69 Å². The minimum Gasteiger partial charge on any atom is -0.444 e. The van der Waals surface area contributed by atoms with Crippen LogP contribution in [0.3, 0.4) is 0 Å². The summed E-state index contributed by atoms with van der Waals surface area (Å²) in [6.07, 6.45) is -0.696. The van der Waals surface area contributed by atoms with Gasteiger partial charge in [0.2, 0.25) is 5.91 Å². The standard InChI is InChI=1S/C14H19N3O5/c1-9(15-13(19)22-14(2,3)4)12(18)16-10-5-7-11(8-6-10)17(20)21/h5-9H,1-4H3,(H,15,19)(H,16,18)/t9-/m0/s1. The van der Waals surface area contributed by atoms with Crippen LogP contribution >= 0.6 is 0 Å². The number of anilines is 1. The van der Waals surface area contributed by atoms with Gasteiger partial charge in [0.15, 0.2) is 0 Å². The molecular formula is C14H19N3O5. The number of rotatable bonds is 4. The Labute approximate surface area is 128 Å². The fraction of sp³-hybridized carbons (Fsp3) is 0.429. The summed E-state index contributed by atoms with van der Waals surface area (Å²) in [5, 5.41) is 15.5. The maximum Gasteiger partial charge on any atom is 0.408 e. The fourth-order valence-corrected chi connectivity index (χ4v) is 1.47. The third-order valence-electron chi connectivity index (χ3n) is 2.47. The van der Waals surface area contributed by atoms with E-state index in [0.29, 0.717) is 5.69 Å². The number of alkyl carbamates (subject to hydrolysis) is 1. The topological polar surface area (TPSA) is 111 Å². The first-order valence-corrected chi connectivity index (χ1v) is 6.63. The number of hydrogen-bond donors (Lipinski definition) is 2. The van der Waals surface area contributed by atoms with E-state index < -0.39 is 28.6 Å². The predicted molar refractivity (Wildman–Crippen MR) is 80.6 cm³/mol. The lowest BCUT2D eigenvalue weighted by atomic mass is 10.2. The summed E-state index contributed by atoms with van der Waals surface area (Å²) in [6.45, 7) is 6.65. The van der Waals surface area contributed by atoms with Gasteiger partial charge in [-0.05, 0) is 39.8 Å². The first-order chi connectivity index (χ1) is 10.1. The molecule has 1 rings (SSSR count). The van der Waals surface area contributed by atoms with Crippen molar-refractivity contribution in [1.82, 2.24) is 5.32 Å². The molecule has 0 aliphatic rings. The van der Waals surface area contributed by atoms with Crippen LogP contribution in [0.1, 0.15) is 27.7 Å². The van der Waals surface area contributed by atoms with Gasteiger partial charge in [0.05, 0.1) is 4.92 Å². The highest BCUT2D eigenvalue weighted by Gasteiger charge is 2.21. The number of nitro groups is 1. The minimum atomic E-state index is -0.815. The molecule has 8 nitrogen and oxygen atoms in total. The number of benzene rings is 1. The molecule has 0 saturated heterocycles. The van der Waals surface area contributed by atoms with E-state index in [1.165, 1.54) is 31.2 Å². The molecule has 1 aromatic rings. The third-order valence-corrected chi connectivity index (χ3v) is 2.47. The average Bonchev–Trinajstić information content (AvgIpc) is 2.36. The zero-order valence-corrected chi connectivity index (χ0v) is 12.9. The molecule has 2 N–H and O–H groups in total. The van der Waals surface area contributed by atoms with E-state index in [1.807, 2.05) is 0 Å². The van der Waals surface area contributed by atoms with E-state index in [-0.39, 0.29) is 5.69 Å². The van der Waals surface area contributed by atoms with Gasteiger partial charge in [0.1, 0.15) is 11.6 Å². The number of carbonyl (C=O) groups excluding carboxylic acids is 2. The quantitative estimate of drug-likeness (QED) is 0.655. The summed E-state index contributed by atoms with van der Waals surface area (Å²) in [4.78, 5) is 33.5. The number of non-ortho nitro benzene ring substituents is 1. The second kappa shape index (κ2) is 6.88. The smallest absolute Gasteiger partial charge is 0.408 e. The van der Waals surface area contributed by atoms with Gasteiger partial charge in [-0.3, -0.25) is 14.9 Å². The van der Waals surface area contributed by atoms with Crippen LogP contribution in [0.2, 0.25) is 0 Å². The number of amides is 2. The van der Waals surface area contributed by atoms with Crippen LogP contribution in [0.5, 0.6) is 0 Å². The molecule has 8 heteroatoms. The van der Waals surface area contributed by atoms with Gasteiger partial charge in [-0.1, -0.05) is 0 Å². The molecule has 1 atom stereocenters. The van der Waals surface area contributed by atoms with Crippen LogP contribution < -0.4 is 10.6 Å². The molecule has 0 saturated carbocycles. The van der Waals surface area contributed by atoms with E-state index in [1.54, 1.807) is 20.8 Å². The minimum absolute atomic E-state index is 0.0714. The lowest BCUT2D eigenvalue weighted by Gasteiger charge is -2.21. The van der Waals surface area contributed by atoms with Crippen LogP contribution in [-0.4, -0.2) is 28.6 Å². The van der Waals surface area contributed by atoms with Crippen molar-refractivity contribution in [2.45, 2.75) is 39.3 Å². The van der Waals surface area contributed by atoms with Crippen molar-refractivity contribution in [3.8, 4) is 0 Å². The molecule has 0 bridgehead atoms. The number of nitro benzene ring substituents is 1. The number of nitrogens with one attached hydrogen (secondary N) is 2. The molecular weight excluding hydrogens is 290 g/mol. The predicted octanol–water partition coefficient (Wildman–Crippen LogP) is 2.45. The average molecular weight is 309 g/mol. The molecule has 0 aromatic heterocycles. The molecule has 0 aliphatic carbocycles. The molecule has 1 aromatic carbocycles. The summed E-state index contributed by atoms with van der Waals surface area (Å²) < 4.78 is 5.05. The van der Waals surface area contributed by atoms with E-state index >= 15 is 0 Å². The third kappa shape index (κ3) is 5.78. The number of ether oxygens (including phenoxy) is 1. The molecule has 0 fully saturated rings. The van der Waals surface area contributed by atoms with Gasteiger partial charge in [-0.15, -0.1) is 0 Å². The molecule has 0 heterocycles. The Bertz CT molecular complexity index is 563. The molecule has 0 spiro atoms. The van der Waals surface area contributed by atoms with Crippen LogP contribution in [0.15, 0.2) is 24.3 Å². The SMILES string of the molecule is C[C@H](NC(=O)OC(C)(C)C)C(=O)Nc1ccc([N+](=O)[O-])cc1. The molecule has 0 unspecified atom stereocenters. The highest BCUT2D eigenvalue weighted by atomic mass is 16.6. The van der Waals surface area contributed by atoms with Crippen LogP contribution in [0.25, 0.3) is 0 Å². The second-order valence-electron chi connectivity index (χ2n) is 5.66. The van der Waals surface area contributed by atoms with E-state index in [4.69, 9.17) is 4.74 Å². The normalized spacial score (nSPS) is 12.2. The van der Waals surface area contributed by atoms with Gasteiger partial charge >= 0.3 is 6.09 Å². The fourth-order valence-electron chi connectivity index (χ4n) is 1.47. The summed E-state index contributed by atoms with van der Waals surface area (Å²) in [5.41, 5.74) is -0.329. The molecule has 2 amide bonds. The maximum absolute atomic E-state index is 11.9. The Morgan fingerprint density at radius 1 is 1.23 bits per heavy atom. The Balaban J connectivity index is 2.57. The van der Waals surface area contributed by atoms with Crippen molar-refractivity contribution < 1.29 is 19.2 Å². The van der Waals surface area contributed by atoms with Gasteiger partial charge in [0, 0.05) is 17.8 Å². The van der Waals surface area contributed by atoms with Crippen molar-refractivity contribution >= 4 is 23.4 Å². The van der Waals surface area contributed by atoms with Crippen molar-refractivity contribution in [2.75, 3.05) is 5.32 Å². The first-order valence-electron chi connectivity index (χ1n) is 6.63. The summed E-state index contributed by atoms with van der Waals surface area (Å²) in [7, 11) is 0. The summed E-state index contributed by atoms with van der Waals surface area (Å²) in [6, 6.07) is 4.57. The molecule has 0 radical (unpaired) electrons.